The quantitative estimate of drug-likeness (QED) is 0.772. The Kier molecular flexibility index (Phi) is 3.23. The first-order chi connectivity index (χ1) is 8.06. The highest BCUT2D eigenvalue weighted by atomic mass is 16.4. The molecule has 1 aliphatic heterocycles. The number of carboxylic acids is 1. The summed E-state index contributed by atoms with van der Waals surface area (Å²) in [6.45, 7) is 5.93. The topological polar surface area (TPSA) is 78.4 Å². The first-order valence-corrected chi connectivity index (χ1v) is 5.64. The third kappa shape index (κ3) is 2.71. The van der Waals surface area contributed by atoms with Crippen molar-refractivity contribution in [2.75, 3.05) is 18.0 Å². The van der Waals surface area contributed by atoms with E-state index in [1.54, 1.807) is 6.07 Å². The molecule has 0 saturated carbocycles. The van der Waals surface area contributed by atoms with Crippen LogP contribution in [0.3, 0.4) is 0 Å². The molecule has 92 valence electrons. The highest BCUT2D eigenvalue weighted by Gasteiger charge is 2.22. The summed E-state index contributed by atoms with van der Waals surface area (Å²) in [5, 5.41) is 19.8. The summed E-state index contributed by atoms with van der Waals surface area (Å²) in [5.41, 5.74) is -0.0232. The second-order valence-corrected chi connectivity index (χ2v) is 4.46. The Balaban J connectivity index is 2.14. The van der Waals surface area contributed by atoms with Crippen molar-refractivity contribution in [3.8, 4) is 0 Å². The normalized spacial score (nSPS) is 24.7. The number of aromatic nitrogens is 2. The SMILES string of the molecule is CC1CN(c2ccc(C(=O)O)nn2)CC(C)N1. The van der Waals surface area contributed by atoms with Gasteiger partial charge >= 0.3 is 5.97 Å². The molecule has 6 nitrogen and oxygen atoms in total. The fourth-order valence-corrected chi connectivity index (χ4v) is 2.12. The summed E-state index contributed by atoms with van der Waals surface area (Å²) in [6.07, 6.45) is 0. The van der Waals surface area contributed by atoms with Crippen molar-refractivity contribution >= 4 is 11.8 Å². The summed E-state index contributed by atoms with van der Waals surface area (Å²) >= 11 is 0. The number of piperazine rings is 1. The van der Waals surface area contributed by atoms with E-state index in [1.807, 2.05) is 0 Å². The van der Waals surface area contributed by atoms with Gasteiger partial charge in [0, 0.05) is 25.2 Å². The standard InChI is InChI=1S/C11H16N4O2/c1-7-5-15(6-8(2)12-7)10-4-3-9(11(16)17)13-14-10/h3-4,7-8,12H,5-6H2,1-2H3,(H,16,17). The Hall–Kier alpha value is -1.69. The second kappa shape index (κ2) is 4.67. The van der Waals surface area contributed by atoms with E-state index in [-0.39, 0.29) is 5.69 Å². The zero-order chi connectivity index (χ0) is 12.4. The Bertz CT molecular complexity index is 396. The molecule has 0 bridgehead atoms. The highest BCUT2D eigenvalue weighted by molar-refractivity contribution is 5.85. The van der Waals surface area contributed by atoms with Crippen LogP contribution in [0.1, 0.15) is 24.3 Å². The van der Waals surface area contributed by atoms with Crippen LogP contribution in [0.4, 0.5) is 5.82 Å². The van der Waals surface area contributed by atoms with Gasteiger partial charge < -0.3 is 15.3 Å². The van der Waals surface area contributed by atoms with E-state index < -0.39 is 5.97 Å². The third-order valence-electron chi connectivity index (χ3n) is 2.75. The number of aromatic carboxylic acids is 1. The average Bonchev–Trinajstić information content (AvgIpc) is 2.28. The van der Waals surface area contributed by atoms with Crippen LogP contribution in [-0.2, 0) is 0 Å². The molecule has 1 fully saturated rings. The number of nitrogens with one attached hydrogen (secondary N) is 1. The van der Waals surface area contributed by atoms with Gasteiger partial charge in [-0.1, -0.05) is 0 Å². The zero-order valence-electron chi connectivity index (χ0n) is 9.92. The molecule has 0 aliphatic carbocycles. The molecule has 0 radical (unpaired) electrons. The second-order valence-electron chi connectivity index (χ2n) is 4.46. The maximum atomic E-state index is 10.7. The molecule has 2 heterocycles. The van der Waals surface area contributed by atoms with E-state index in [0.717, 1.165) is 18.9 Å². The lowest BCUT2D eigenvalue weighted by Crippen LogP contribution is -2.54. The predicted octanol–water partition coefficient (Wildman–Crippen LogP) is 0.361. The maximum absolute atomic E-state index is 10.7. The van der Waals surface area contributed by atoms with Crippen molar-refractivity contribution in [2.45, 2.75) is 25.9 Å². The minimum Gasteiger partial charge on any atom is -0.476 e. The van der Waals surface area contributed by atoms with Crippen LogP contribution in [0.15, 0.2) is 12.1 Å². The van der Waals surface area contributed by atoms with Crippen molar-refractivity contribution in [1.82, 2.24) is 15.5 Å². The van der Waals surface area contributed by atoms with Crippen LogP contribution in [-0.4, -0.2) is 46.4 Å². The first kappa shape index (κ1) is 11.8. The lowest BCUT2D eigenvalue weighted by atomic mass is 10.1. The van der Waals surface area contributed by atoms with Crippen LogP contribution in [0, 0.1) is 0 Å². The van der Waals surface area contributed by atoms with Crippen LogP contribution in [0.5, 0.6) is 0 Å². The molecule has 2 atom stereocenters. The number of anilines is 1. The van der Waals surface area contributed by atoms with E-state index in [1.165, 1.54) is 6.07 Å². The maximum Gasteiger partial charge on any atom is 0.356 e. The van der Waals surface area contributed by atoms with Crippen molar-refractivity contribution in [1.29, 1.82) is 0 Å². The fraction of sp³-hybridized carbons (Fsp3) is 0.545. The first-order valence-electron chi connectivity index (χ1n) is 5.64. The molecule has 0 spiro atoms. The van der Waals surface area contributed by atoms with E-state index in [0.29, 0.717) is 12.1 Å². The molecule has 6 heteroatoms. The number of hydrogen-bond acceptors (Lipinski definition) is 5. The Labute approximate surface area is 99.7 Å². The van der Waals surface area contributed by atoms with E-state index >= 15 is 0 Å². The minimum atomic E-state index is -1.05. The summed E-state index contributed by atoms with van der Waals surface area (Å²) in [4.78, 5) is 12.8. The van der Waals surface area contributed by atoms with Gasteiger partial charge in [-0.15, -0.1) is 10.2 Å². The number of carboxylic acid groups (broad SMARTS) is 1. The van der Waals surface area contributed by atoms with E-state index in [4.69, 9.17) is 5.11 Å². The Morgan fingerprint density at radius 3 is 2.47 bits per heavy atom. The number of hydrogen-bond donors (Lipinski definition) is 2. The molecule has 2 rings (SSSR count). The molecule has 1 saturated heterocycles. The highest BCUT2D eigenvalue weighted by Crippen LogP contribution is 2.14. The average molecular weight is 236 g/mol. The van der Waals surface area contributed by atoms with Crippen molar-refractivity contribution in [3.63, 3.8) is 0 Å². The molecule has 2 unspecified atom stereocenters. The molecule has 0 aromatic carbocycles. The fourth-order valence-electron chi connectivity index (χ4n) is 2.12. The molecule has 17 heavy (non-hydrogen) atoms. The van der Waals surface area contributed by atoms with Crippen LogP contribution in [0.25, 0.3) is 0 Å². The van der Waals surface area contributed by atoms with Crippen molar-refractivity contribution in [3.05, 3.63) is 17.8 Å². The lowest BCUT2D eigenvalue weighted by molar-refractivity contribution is 0.0689. The van der Waals surface area contributed by atoms with Gasteiger partial charge in [-0.05, 0) is 26.0 Å². The summed E-state index contributed by atoms with van der Waals surface area (Å²) < 4.78 is 0. The zero-order valence-corrected chi connectivity index (χ0v) is 9.92. The van der Waals surface area contributed by atoms with Gasteiger partial charge in [0.1, 0.15) is 0 Å². The van der Waals surface area contributed by atoms with E-state index in [2.05, 4.69) is 34.3 Å². The molecular weight excluding hydrogens is 220 g/mol. The molecule has 1 aliphatic rings. The van der Waals surface area contributed by atoms with Crippen LogP contribution in [0.2, 0.25) is 0 Å². The van der Waals surface area contributed by atoms with Crippen LogP contribution < -0.4 is 10.2 Å². The minimum absolute atomic E-state index is 0.0232. The van der Waals surface area contributed by atoms with Gasteiger partial charge in [-0.2, -0.15) is 0 Å². The molecular formula is C11H16N4O2. The third-order valence-corrected chi connectivity index (χ3v) is 2.75. The monoisotopic (exact) mass is 236 g/mol. The molecule has 1 aromatic heterocycles. The molecule has 1 aromatic rings. The number of rotatable bonds is 2. The Morgan fingerprint density at radius 2 is 2.00 bits per heavy atom. The Morgan fingerprint density at radius 1 is 1.35 bits per heavy atom. The van der Waals surface area contributed by atoms with Crippen LogP contribution >= 0.6 is 0 Å². The van der Waals surface area contributed by atoms with Gasteiger partial charge in [-0.3, -0.25) is 0 Å². The van der Waals surface area contributed by atoms with Gasteiger partial charge in [-0.25, -0.2) is 4.79 Å². The van der Waals surface area contributed by atoms with Gasteiger partial charge in [0.2, 0.25) is 0 Å². The lowest BCUT2D eigenvalue weighted by Gasteiger charge is -2.36. The van der Waals surface area contributed by atoms with Crippen molar-refractivity contribution in [2.24, 2.45) is 0 Å². The van der Waals surface area contributed by atoms with Gasteiger partial charge in [0.15, 0.2) is 11.5 Å². The predicted molar refractivity (Wildman–Crippen MR) is 63.3 cm³/mol. The summed E-state index contributed by atoms with van der Waals surface area (Å²) in [7, 11) is 0. The molecule has 2 N–H and O–H groups in total. The summed E-state index contributed by atoms with van der Waals surface area (Å²) in [5.74, 6) is -0.318. The van der Waals surface area contributed by atoms with E-state index in [9.17, 15) is 4.79 Å². The smallest absolute Gasteiger partial charge is 0.356 e. The molecule has 0 amide bonds. The number of nitrogens with zero attached hydrogens (tertiary/aromatic N) is 3. The van der Waals surface area contributed by atoms with Gasteiger partial charge in [0.25, 0.3) is 0 Å². The van der Waals surface area contributed by atoms with Crippen molar-refractivity contribution < 1.29 is 9.90 Å². The summed E-state index contributed by atoms with van der Waals surface area (Å²) in [6, 6.07) is 3.97. The number of carbonyl (C=O) groups is 1. The largest absolute Gasteiger partial charge is 0.476 e. The van der Waals surface area contributed by atoms with Gasteiger partial charge in [0.05, 0.1) is 0 Å².